The quantitative estimate of drug-likeness (QED) is 0.625. The van der Waals surface area contributed by atoms with Crippen LogP contribution in [0.1, 0.15) is 17.0 Å². The number of pyridine rings is 1. The first kappa shape index (κ1) is 14.4. The molecule has 0 N–H and O–H groups in total. The Morgan fingerprint density at radius 2 is 1.41 bits per heavy atom. The van der Waals surface area contributed by atoms with E-state index in [1.165, 1.54) is 12.1 Å². The number of rotatable bonds is 2. The largest absolute Gasteiger partial charge is 0.319 e. The fourth-order valence-electron chi connectivity index (χ4n) is 2.76. The summed E-state index contributed by atoms with van der Waals surface area (Å²) < 4.78 is 28.9. The number of hydrogen-bond acceptors (Lipinski definition) is 1. The Morgan fingerprint density at radius 3 is 2.00 bits per heavy atom. The summed E-state index contributed by atoms with van der Waals surface area (Å²) in [5.41, 5.74) is 5.44. The van der Waals surface area contributed by atoms with Crippen LogP contribution in [-0.2, 0) is 0 Å². The van der Waals surface area contributed by atoms with Gasteiger partial charge >= 0.3 is 0 Å². The second-order valence-electron chi connectivity index (χ2n) is 5.45. The predicted octanol–water partition coefficient (Wildman–Crippen LogP) is 4.74. The van der Waals surface area contributed by atoms with Crippen LogP contribution in [0.25, 0.3) is 16.8 Å². The van der Waals surface area contributed by atoms with Crippen molar-refractivity contribution in [3.05, 3.63) is 71.3 Å². The van der Waals surface area contributed by atoms with E-state index in [2.05, 4.69) is 9.55 Å². The van der Waals surface area contributed by atoms with E-state index in [1.807, 2.05) is 51.1 Å². The Balaban J connectivity index is 2.19. The Morgan fingerprint density at radius 1 is 0.818 bits per heavy atom. The zero-order chi connectivity index (χ0) is 15.9. The third-order valence-electron chi connectivity index (χ3n) is 3.82. The molecular formula is C18H16F2N2. The fraction of sp³-hybridized carbons (Fsp3) is 0.167. The summed E-state index contributed by atoms with van der Waals surface area (Å²) in [5, 5.41) is 0. The van der Waals surface area contributed by atoms with E-state index >= 15 is 0 Å². The lowest BCUT2D eigenvalue weighted by molar-refractivity contribution is 0.513. The number of aromatic nitrogens is 2. The normalized spacial score (nSPS) is 11.0. The first-order valence-corrected chi connectivity index (χ1v) is 7.05. The molecule has 2 nitrogen and oxygen atoms in total. The molecule has 2 aromatic heterocycles. The van der Waals surface area contributed by atoms with E-state index in [0.29, 0.717) is 5.56 Å². The van der Waals surface area contributed by atoms with Gasteiger partial charge in [0.25, 0.3) is 0 Å². The van der Waals surface area contributed by atoms with Crippen molar-refractivity contribution < 1.29 is 8.78 Å². The third kappa shape index (κ3) is 2.52. The maximum Gasteiger partial charge on any atom is 0.216 e. The van der Waals surface area contributed by atoms with Crippen LogP contribution in [0.2, 0.25) is 0 Å². The minimum Gasteiger partial charge on any atom is -0.319 e. The van der Waals surface area contributed by atoms with Crippen LogP contribution in [0.4, 0.5) is 8.78 Å². The van der Waals surface area contributed by atoms with E-state index in [4.69, 9.17) is 0 Å². The van der Waals surface area contributed by atoms with Crippen molar-refractivity contribution in [2.24, 2.45) is 0 Å². The van der Waals surface area contributed by atoms with Crippen molar-refractivity contribution in [1.29, 1.82) is 0 Å². The maximum atomic E-state index is 13.4. The SMILES string of the molecule is Cc1ccc(-n2c(C)ccc2C)cc1-c1cc(F)nc(F)c1. The highest BCUT2D eigenvalue weighted by Crippen LogP contribution is 2.28. The lowest BCUT2D eigenvalue weighted by Crippen LogP contribution is -2.00. The topological polar surface area (TPSA) is 17.8 Å². The molecule has 0 saturated carbocycles. The molecule has 0 aliphatic carbocycles. The Bertz CT molecular complexity index is 811. The zero-order valence-corrected chi connectivity index (χ0v) is 12.7. The number of benzene rings is 1. The van der Waals surface area contributed by atoms with Crippen molar-refractivity contribution in [2.45, 2.75) is 20.8 Å². The van der Waals surface area contributed by atoms with E-state index in [0.717, 1.165) is 28.2 Å². The minimum absolute atomic E-state index is 0.492. The van der Waals surface area contributed by atoms with Crippen LogP contribution >= 0.6 is 0 Å². The molecule has 0 unspecified atom stereocenters. The molecule has 3 rings (SSSR count). The first-order chi connectivity index (χ1) is 10.5. The third-order valence-corrected chi connectivity index (χ3v) is 3.82. The summed E-state index contributed by atoms with van der Waals surface area (Å²) in [4.78, 5) is 3.15. The molecule has 4 heteroatoms. The summed E-state index contributed by atoms with van der Waals surface area (Å²) >= 11 is 0. The monoisotopic (exact) mass is 298 g/mol. The van der Waals surface area contributed by atoms with Crippen molar-refractivity contribution in [1.82, 2.24) is 9.55 Å². The van der Waals surface area contributed by atoms with E-state index in [-0.39, 0.29) is 0 Å². The fourth-order valence-corrected chi connectivity index (χ4v) is 2.76. The molecule has 0 spiro atoms. The van der Waals surface area contributed by atoms with Gasteiger partial charge in [-0.25, -0.2) is 0 Å². The average Bonchev–Trinajstić information content (AvgIpc) is 2.78. The lowest BCUT2D eigenvalue weighted by Gasteiger charge is -2.13. The molecule has 0 bridgehead atoms. The Hall–Kier alpha value is -2.49. The predicted molar refractivity (Wildman–Crippen MR) is 83.1 cm³/mol. The van der Waals surface area contributed by atoms with Gasteiger partial charge in [0, 0.05) is 29.2 Å². The van der Waals surface area contributed by atoms with Gasteiger partial charge in [-0.3, -0.25) is 0 Å². The number of halogens is 2. The highest BCUT2D eigenvalue weighted by atomic mass is 19.1. The van der Waals surface area contributed by atoms with Crippen LogP contribution in [0.3, 0.4) is 0 Å². The van der Waals surface area contributed by atoms with Gasteiger partial charge in [-0.05, 0) is 61.7 Å². The molecule has 0 aliphatic rings. The molecule has 0 saturated heterocycles. The Kier molecular flexibility index (Phi) is 3.53. The van der Waals surface area contributed by atoms with E-state index in [1.54, 1.807) is 0 Å². The summed E-state index contributed by atoms with van der Waals surface area (Å²) in [5.74, 6) is -1.62. The van der Waals surface area contributed by atoms with Gasteiger partial charge in [-0.15, -0.1) is 0 Å². The van der Waals surface area contributed by atoms with Crippen LogP contribution in [0.5, 0.6) is 0 Å². The smallest absolute Gasteiger partial charge is 0.216 e. The van der Waals surface area contributed by atoms with Gasteiger partial charge < -0.3 is 4.57 Å². The molecular weight excluding hydrogens is 282 g/mol. The highest BCUT2D eigenvalue weighted by Gasteiger charge is 2.10. The van der Waals surface area contributed by atoms with Crippen molar-refractivity contribution >= 4 is 0 Å². The summed E-state index contributed by atoms with van der Waals surface area (Å²) in [6.45, 7) is 5.97. The zero-order valence-electron chi connectivity index (χ0n) is 12.7. The summed E-state index contributed by atoms with van der Waals surface area (Å²) in [6.07, 6.45) is 0. The minimum atomic E-state index is -0.812. The second-order valence-corrected chi connectivity index (χ2v) is 5.45. The maximum absolute atomic E-state index is 13.4. The standard InChI is InChI=1S/C18H16F2N2/c1-11-4-7-15(22-12(2)5-6-13(22)3)10-16(11)14-8-17(19)21-18(20)9-14/h4-10H,1-3H3. The number of hydrogen-bond donors (Lipinski definition) is 0. The Labute approximate surface area is 128 Å². The summed E-state index contributed by atoms with van der Waals surface area (Å²) in [6, 6.07) is 12.5. The molecule has 1 aromatic carbocycles. The van der Waals surface area contributed by atoms with Gasteiger partial charge in [0.2, 0.25) is 11.9 Å². The lowest BCUT2D eigenvalue weighted by atomic mass is 10.0. The van der Waals surface area contributed by atoms with E-state index in [9.17, 15) is 8.78 Å². The average molecular weight is 298 g/mol. The molecule has 0 fully saturated rings. The molecule has 112 valence electrons. The van der Waals surface area contributed by atoms with Gasteiger partial charge in [-0.1, -0.05) is 6.07 Å². The van der Waals surface area contributed by atoms with Crippen molar-refractivity contribution in [3.63, 3.8) is 0 Å². The molecule has 3 aromatic rings. The first-order valence-electron chi connectivity index (χ1n) is 7.05. The summed E-state index contributed by atoms with van der Waals surface area (Å²) in [7, 11) is 0. The molecule has 0 radical (unpaired) electrons. The molecule has 0 atom stereocenters. The molecule has 2 heterocycles. The number of aryl methyl sites for hydroxylation is 3. The van der Waals surface area contributed by atoms with Gasteiger partial charge in [0.1, 0.15) is 0 Å². The molecule has 0 aliphatic heterocycles. The highest BCUT2D eigenvalue weighted by molar-refractivity contribution is 5.69. The van der Waals surface area contributed by atoms with Crippen molar-refractivity contribution in [2.75, 3.05) is 0 Å². The van der Waals surface area contributed by atoms with Gasteiger partial charge in [0.05, 0.1) is 0 Å². The van der Waals surface area contributed by atoms with Crippen LogP contribution < -0.4 is 0 Å². The number of nitrogens with zero attached hydrogens (tertiary/aromatic N) is 2. The second kappa shape index (κ2) is 5.37. The van der Waals surface area contributed by atoms with Gasteiger partial charge in [-0.2, -0.15) is 13.8 Å². The van der Waals surface area contributed by atoms with Crippen LogP contribution in [0.15, 0.2) is 42.5 Å². The van der Waals surface area contributed by atoms with Gasteiger partial charge in [0.15, 0.2) is 0 Å². The van der Waals surface area contributed by atoms with E-state index < -0.39 is 11.9 Å². The van der Waals surface area contributed by atoms with Crippen molar-refractivity contribution in [3.8, 4) is 16.8 Å². The van der Waals surface area contributed by atoms with Crippen LogP contribution in [-0.4, -0.2) is 9.55 Å². The molecule has 0 amide bonds. The molecule has 22 heavy (non-hydrogen) atoms. The van der Waals surface area contributed by atoms with Crippen LogP contribution in [0, 0.1) is 32.7 Å².